The maximum absolute atomic E-state index is 13.2. The van der Waals surface area contributed by atoms with E-state index in [4.69, 9.17) is 9.47 Å². The number of nitrogens with zero attached hydrogens (tertiary/aromatic N) is 3. The van der Waals surface area contributed by atoms with Crippen molar-refractivity contribution in [3.63, 3.8) is 0 Å². The molecule has 8 heteroatoms. The van der Waals surface area contributed by atoms with Gasteiger partial charge in [0.2, 0.25) is 0 Å². The van der Waals surface area contributed by atoms with Crippen molar-refractivity contribution in [3.05, 3.63) is 90.4 Å². The molecule has 2 heterocycles. The number of aromatic nitrogens is 2. The maximum Gasteiger partial charge on any atom is 0.331 e. The Hall–Kier alpha value is -3.78. The van der Waals surface area contributed by atoms with Gasteiger partial charge in [-0.3, -0.25) is 9.78 Å². The summed E-state index contributed by atoms with van der Waals surface area (Å²) in [5, 5.41) is 3.25. The van der Waals surface area contributed by atoms with E-state index in [1.54, 1.807) is 18.6 Å². The molecule has 35 heavy (non-hydrogen) atoms. The second kappa shape index (κ2) is 11.6. The van der Waals surface area contributed by atoms with E-state index in [0.717, 1.165) is 11.1 Å². The Labute approximate surface area is 205 Å². The highest BCUT2D eigenvalue weighted by molar-refractivity contribution is 5.84. The van der Waals surface area contributed by atoms with Gasteiger partial charge < -0.3 is 19.7 Å². The number of nitrogens with one attached hydrogen (secondary N) is 1. The second-order valence-corrected chi connectivity index (χ2v) is 8.65. The second-order valence-electron chi connectivity index (χ2n) is 8.65. The van der Waals surface area contributed by atoms with Crippen LogP contribution in [0.15, 0.2) is 79.3 Å². The number of anilines is 1. The molecule has 3 aromatic rings. The van der Waals surface area contributed by atoms with Crippen molar-refractivity contribution < 1.29 is 19.1 Å². The maximum atomic E-state index is 13.2. The molecule has 0 spiro atoms. The third-order valence-electron chi connectivity index (χ3n) is 6.37. The third kappa shape index (κ3) is 6.22. The zero-order valence-corrected chi connectivity index (χ0v) is 19.8. The summed E-state index contributed by atoms with van der Waals surface area (Å²) in [6, 6.07) is 19.3. The van der Waals surface area contributed by atoms with Gasteiger partial charge in [-0.05, 0) is 24.0 Å². The van der Waals surface area contributed by atoms with Crippen LogP contribution >= 0.6 is 0 Å². The van der Waals surface area contributed by atoms with E-state index in [0.29, 0.717) is 38.3 Å². The number of carbonyl (C=O) groups excluding carboxylic acids is 2. The molecule has 0 saturated carbocycles. The molecule has 0 amide bonds. The summed E-state index contributed by atoms with van der Waals surface area (Å²) >= 11 is 0. The van der Waals surface area contributed by atoms with Crippen molar-refractivity contribution >= 4 is 17.8 Å². The zero-order valence-electron chi connectivity index (χ0n) is 19.8. The van der Waals surface area contributed by atoms with E-state index in [1.165, 1.54) is 7.11 Å². The largest absolute Gasteiger partial charge is 0.467 e. The lowest BCUT2D eigenvalue weighted by molar-refractivity contribution is -0.150. The van der Waals surface area contributed by atoms with Crippen LogP contribution < -0.4 is 5.32 Å². The van der Waals surface area contributed by atoms with E-state index in [2.05, 4.69) is 20.2 Å². The van der Waals surface area contributed by atoms with Gasteiger partial charge in [0.15, 0.2) is 0 Å². The first-order valence-electron chi connectivity index (χ1n) is 11.7. The van der Waals surface area contributed by atoms with Crippen LogP contribution in [0.1, 0.15) is 29.9 Å². The first-order valence-corrected chi connectivity index (χ1v) is 11.7. The molecule has 0 aliphatic carbocycles. The number of carbonyl (C=O) groups is 2. The van der Waals surface area contributed by atoms with Gasteiger partial charge in [-0.2, -0.15) is 0 Å². The highest BCUT2D eigenvalue weighted by atomic mass is 16.5. The van der Waals surface area contributed by atoms with E-state index in [9.17, 15) is 9.59 Å². The Morgan fingerprint density at radius 1 is 1.03 bits per heavy atom. The number of hydrogen-bond donors (Lipinski definition) is 1. The molecule has 182 valence electrons. The van der Waals surface area contributed by atoms with Crippen molar-refractivity contribution in [1.29, 1.82) is 0 Å². The number of rotatable bonds is 9. The van der Waals surface area contributed by atoms with Gasteiger partial charge in [-0.1, -0.05) is 60.7 Å². The Bertz CT molecular complexity index is 1090. The minimum atomic E-state index is -0.892. The molecule has 0 bridgehead atoms. The molecule has 1 aliphatic rings. The van der Waals surface area contributed by atoms with Crippen LogP contribution in [-0.2, 0) is 25.7 Å². The number of methoxy groups -OCH3 is 1. The molecule has 1 saturated heterocycles. The quantitative estimate of drug-likeness (QED) is 0.472. The van der Waals surface area contributed by atoms with E-state index in [-0.39, 0.29) is 18.5 Å². The lowest BCUT2D eigenvalue weighted by Gasteiger charge is -2.41. The van der Waals surface area contributed by atoms with Crippen LogP contribution in [-0.4, -0.2) is 59.1 Å². The normalized spacial score (nSPS) is 16.1. The molecule has 4 rings (SSSR count). The summed E-state index contributed by atoms with van der Waals surface area (Å²) in [6.45, 7) is 1.95. The fraction of sp³-hybridized carbons (Fsp3) is 0.333. The number of likely N-dealkylation sites (tertiary alicyclic amines) is 1. The van der Waals surface area contributed by atoms with E-state index >= 15 is 0 Å². The monoisotopic (exact) mass is 474 g/mol. The lowest BCUT2D eigenvalue weighted by Crippen LogP contribution is -2.55. The standard InChI is InChI=1S/C27H30N4O4/c1-34-26(33)27(30-24-18-28-14-15-29-24)12-16-31(17-13-27)19-23(22-10-6-3-7-11-22)25(32)35-20-21-8-4-2-5-9-21/h2-11,14-15,18,23H,12-13,16-17,19-20H2,1H3,(H,29,30). The number of piperidine rings is 1. The average Bonchev–Trinajstić information content (AvgIpc) is 2.92. The summed E-state index contributed by atoms with van der Waals surface area (Å²) in [6.07, 6.45) is 5.77. The zero-order chi connectivity index (χ0) is 24.5. The van der Waals surface area contributed by atoms with Gasteiger partial charge in [0.05, 0.1) is 19.2 Å². The lowest BCUT2D eigenvalue weighted by atomic mass is 9.86. The average molecular weight is 475 g/mol. The number of ether oxygens (including phenoxy) is 2. The van der Waals surface area contributed by atoms with Crippen LogP contribution in [0.25, 0.3) is 0 Å². The minimum absolute atomic E-state index is 0.233. The van der Waals surface area contributed by atoms with Gasteiger partial charge in [-0.25, -0.2) is 9.78 Å². The highest BCUT2D eigenvalue weighted by Gasteiger charge is 2.43. The molecule has 2 aromatic carbocycles. The van der Waals surface area contributed by atoms with Gasteiger partial charge in [0.25, 0.3) is 0 Å². The van der Waals surface area contributed by atoms with E-state index < -0.39 is 11.5 Å². The van der Waals surface area contributed by atoms with E-state index in [1.807, 2.05) is 60.7 Å². The Morgan fingerprint density at radius 2 is 1.71 bits per heavy atom. The molecule has 1 fully saturated rings. The van der Waals surface area contributed by atoms with Gasteiger partial charge >= 0.3 is 11.9 Å². The molecule has 1 aliphatic heterocycles. The van der Waals surface area contributed by atoms with Crippen molar-refractivity contribution in [3.8, 4) is 0 Å². The van der Waals surface area contributed by atoms with Gasteiger partial charge in [-0.15, -0.1) is 0 Å². The fourth-order valence-corrected chi connectivity index (χ4v) is 4.39. The number of hydrogen-bond acceptors (Lipinski definition) is 8. The Balaban J connectivity index is 1.44. The molecule has 1 atom stereocenters. The van der Waals surface area contributed by atoms with Crippen molar-refractivity contribution in [2.75, 3.05) is 32.1 Å². The van der Waals surface area contributed by atoms with Crippen molar-refractivity contribution in [2.45, 2.75) is 30.9 Å². The summed E-state index contributed by atoms with van der Waals surface area (Å²) < 4.78 is 10.8. The topological polar surface area (TPSA) is 93.6 Å². The Morgan fingerprint density at radius 3 is 2.34 bits per heavy atom. The number of esters is 2. The van der Waals surface area contributed by atoms with Crippen LogP contribution in [0.4, 0.5) is 5.82 Å². The molecule has 8 nitrogen and oxygen atoms in total. The van der Waals surface area contributed by atoms with Crippen molar-refractivity contribution in [1.82, 2.24) is 14.9 Å². The molecule has 1 aromatic heterocycles. The summed E-state index contributed by atoms with van der Waals surface area (Å²) in [4.78, 5) is 36.4. The van der Waals surface area contributed by atoms with Crippen molar-refractivity contribution in [2.24, 2.45) is 0 Å². The molecular formula is C27H30N4O4. The van der Waals surface area contributed by atoms with Crippen LogP contribution in [0.5, 0.6) is 0 Å². The SMILES string of the molecule is COC(=O)C1(Nc2cnccn2)CCN(CC(C(=O)OCc2ccccc2)c2ccccc2)CC1. The first kappa shape index (κ1) is 24.3. The fourth-order valence-electron chi connectivity index (χ4n) is 4.39. The molecule has 0 radical (unpaired) electrons. The predicted molar refractivity (Wildman–Crippen MR) is 131 cm³/mol. The molecule has 1 N–H and O–H groups in total. The number of benzene rings is 2. The first-order chi connectivity index (χ1) is 17.1. The third-order valence-corrected chi connectivity index (χ3v) is 6.37. The predicted octanol–water partition coefficient (Wildman–Crippen LogP) is 3.42. The highest BCUT2D eigenvalue weighted by Crippen LogP contribution is 2.29. The summed E-state index contributed by atoms with van der Waals surface area (Å²) in [7, 11) is 1.39. The minimum Gasteiger partial charge on any atom is -0.467 e. The van der Waals surface area contributed by atoms with Crippen LogP contribution in [0.2, 0.25) is 0 Å². The Kier molecular flexibility index (Phi) is 8.05. The smallest absolute Gasteiger partial charge is 0.331 e. The summed E-state index contributed by atoms with van der Waals surface area (Å²) in [5.74, 6) is -0.497. The van der Waals surface area contributed by atoms with Crippen LogP contribution in [0.3, 0.4) is 0 Å². The molecular weight excluding hydrogens is 444 g/mol. The summed E-state index contributed by atoms with van der Waals surface area (Å²) in [5.41, 5.74) is 0.966. The molecule has 1 unspecified atom stereocenters. The van der Waals surface area contributed by atoms with Crippen LogP contribution in [0, 0.1) is 0 Å². The van der Waals surface area contributed by atoms with Gasteiger partial charge in [0, 0.05) is 32.0 Å². The van der Waals surface area contributed by atoms with Gasteiger partial charge in [0.1, 0.15) is 18.0 Å².